The van der Waals surface area contributed by atoms with Crippen molar-refractivity contribution in [1.29, 1.82) is 5.26 Å². The van der Waals surface area contributed by atoms with Gasteiger partial charge >= 0.3 is 0 Å². The van der Waals surface area contributed by atoms with Crippen LogP contribution in [0.5, 0.6) is 0 Å². The zero-order valence-corrected chi connectivity index (χ0v) is 14.3. The molecular formula is C14H16Cl2N3OS+. The number of quaternary nitrogens is 1. The van der Waals surface area contributed by atoms with E-state index in [1.54, 1.807) is 32.0 Å². The molecule has 0 aliphatic heterocycles. The number of hydrogen-bond donors (Lipinski definition) is 1. The second-order valence-electron chi connectivity index (χ2n) is 4.74. The van der Waals surface area contributed by atoms with E-state index in [4.69, 9.17) is 40.7 Å². The summed E-state index contributed by atoms with van der Waals surface area (Å²) in [5, 5.41) is 12.0. The number of carbonyl (C=O) groups is 1. The molecule has 0 radical (unpaired) electrons. The van der Waals surface area contributed by atoms with Crippen LogP contribution in [-0.2, 0) is 4.79 Å². The van der Waals surface area contributed by atoms with Crippen LogP contribution >= 0.6 is 35.4 Å². The Bertz CT molecular complexity index is 615. The van der Waals surface area contributed by atoms with Gasteiger partial charge in [0.25, 0.3) is 5.91 Å². The van der Waals surface area contributed by atoms with Crippen molar-refractivity contribution in [1.82, 2.24) is 9.80 Å². The van der Waals surface area contributed by atoms with Crippen LogP contribution in [0.1, 0.15) is 13.8 Å². The number of thiocarbonyl (C=S) groups is 1. The van der Waals surface area contributed by atoms with Gasteiger partial charge in [0.15, 0.2) is 11.0 Å². The summed E-state index contributed by atoms with van der Waals surface area (Å²) >= 11 is 17.3. The molecule has 21 heavy (non-hydrogen) atoms. The normalized spacial score (nSPS) is 14.7. The minimum Gasteiger partial charge on any atom is -0.338 e. The number of likely N-dealkylation sites (N-methyl/N-ethyl adjacent to an activating group) is 1. The molecular weight excluding hydrogens is 329 g/mol. The summed E-state index contributed by atoms with van der Waals surface area (Å²) in [5.41, 5.74) is 0.761. The fraction of sp³-hybridized carbons (Fsp3) is 0.357. The number of nitrogens with zero attached hydrogens (tertiary/aromatic N) is 2. The first-order chi connectivity index (χ1) is 9.75. The first-order valence-corrected chi connectivity index (χ1v) is 7.39. The first kappa shape index (κ1) is 17.9. The van der Waals surface area contributed by atoms with Gasteiger partial charge in [0, 0.05) is 19.1 Å². The number of benzene rings is 1. The Kier molecular flexibility index (Phi) is 6.11. The van der Waals surface area contributed by atoms with Crippen molar-refractivity contribution in [3.8, 4) is 6.07 Å². The van der Waals surface area contributed by atoms with Crippen molar-refractivity contribution < 1.29 is 4.79 Å². The lowest BCUT2D eigenvalue weighted by Crippen LogP contribution is -2.60. The highest BCUT2D eigenvalue weighted by atomic mass is 35.5. The van der Waals surface area contributed by atoms with Gasteiger partial charge < -0.3 is 5.32 Å². The number of hydrogen-bond acceptors (Lipinski definition) is 3. The monoisotopic (exact) mass is 344 g/mol. The number of amides is 1. The molecule has 2 unspecified atom stereocenters. The highest BCUT2D eigenvalue weighted by Crippen LogP contribution is 2.32. The molecule has 0 bridgehead atoms. The molecule has 0 aromatic heterocycles. The van der Waals surface area contributed by atoms with Gasteiger partial charge in [-0.15, -0.1) is 0 Å². The van der Waals surface area contributed by atoms with Crippen LogP contribution in [0.25, 0.3) is 0 Å². The summed E-state index contributed by atoms with van der Waals surface area (Å²) in [4.78, 5) is 12.8. The number of halogens is 2. The molecule has 0 aliphatic rings. The molecule has 0 saturated carbocycles. The molecule has 0 fully saturated rings. The smallest absolute Gasteiger partial charge is 0.279 e. The summed E-state index contributed by atoms with van der Waals surface area (Å²) in [5.74, 6) is -0.255. The van der Waals surface area contributed by atoms with E-state index in [0.29, 0.717) is 15.0 Å². The van der Waals surface area contributed by atoms with Crippen molar-refractivity contribution in [2.24, 2.45) is 0 Å². The molecule has 1 aromatic carbocycles. The minimum absolute atomic E-state index is 0.0407. The number of rotatable bonds is 4. The Balaban J connectivity index is 3.25. The SMILES string of the molecule is CC(=S)[N+](C)(c1ccc(Cl)c(Cl)c1)C(C)C(=O)NCC#N. The van der Waals surface area contributed by atoms with E-state index in [0.717, 1.165) is 5.69 Å². The van der Waals surface area contributed by atoms with Gasteiger partial charge in [-0.25, -0.2) is 4.48 Å². The molecule has 0 aliphatic carbocycles. The Morgan fingerprint density at radius 1 is 1.48 bits per heavy atom. The van der Waals surface area contributed by atoms with Crippen molar-refractivity contribution in [2.45, 2.75) is 19.9 Å². The molecule has 2 atom stereocenters. The van der Waals surface area contributed by atoms with Gasteiger partial charge in [-0.2, -0.15) is 5.26 Å². The molecule has 0 spiro atoms. The maximum absolute atomic E-state index is 12.2. The third-order valence-corrected chi connectivity index (χ3v) is 4.71. The Morgan fingerprint density at radius 2 is 2.10 bits per heavy atom. The lowest BCUT2D eigenvalue weighted by Gasteiger charge is -2.37. The molecule has 1 amide bonds. The van der Waals surface area contributed by atoms with Gasteiger partial charge in [0.05, 0.1) is 23.2 Å². The van der Waals surface area contributed by atoms with E-state index in [9.17, 15) is 4.79 Å². The zero-order valence-electron chi connectivity index (χ0n) is 12.0. The maximum Gasteiger partial charge on any atom is 0.279 e. The topological polar surface area (TPSA) is 52.9 Å². The van der Waals surface area contributed by atoms with Gasteiger partial charge in [-0.3, -0.25) is 4.79 Å². The molecule has 0 saturated heterocycles. The Hall–Kier alpha value is -1.19. The lowest BCUT2D eigenvalue weighted by atomic mass is 10.1. The van der Waals surface area contributed by atoms with E-state index in [1.165, 1.54) is 0 Å². The summed E-state index contributed by atoms with van der Waals surface area (Å²) in [6.45, 7) is 3.48. The van der Waals surface area contributed by atoms with Crippen molar-refractivity contribution in [2.75, 3.05) is 13.6 Å². The number of nitriles is 1. The average molecular weight is 345 g/mol. The molecule has 1 aromatic rings. The highest BCUT2D eigenvalue weighted by molar-refractivity contribution is 7.80. The zero-order chi connectivity index (χ0) is 16.2. The molecule has 1 N–H and O–H groups in total. The van der Waals surface area contributed by atoms with Gasteiger partial charge in [-0.1, -0.05) is 23.2 Å². The van der Waals surface area contributed by atoms with Gasteiger partial charge in [0.2, 0.25) is 0 Å². The van der Waals surface area contributed by atoms with E-state index in [1.807, 2.05) is 13.1 Å². The predicted octanol–water partition coefficient (Wildman–Crippen LogP) is 3.31. The Morgan fingerprint density at radius 3 is 2.57 bits per heavy atom. The molecule has 1 rings (SSSR count). The summed E-state index contributed by atoms with van der Waals surface area (Å²) in [7, 11) is 1.83. The van der Waals surface area contributed by atoms with Crippen molar-refractivity contribution in [3.63, 3.8) is 0 Å². The van der Waals surface area contributed by atoms with E-state index >= 15 is 0 Å². The van der Waals surface area contributed by atoms with Gasteiger partial charge in [0.1, 0.15) is 12.2 Å². The Labute approximate surface area is 139 Å². The molecule has 0 heterocycles. The second-order valence-corrected chi connectivity index (χ2v) is 6.15. The van der Waals surface area contributed by atoms with E-state index in [2.05, 4.69) is 5.32 Å². The standard InChI is InChI=1S/C14H15Cl2N3OS/c1-9(14(20)18-7-6-17)19(3,10(2)21)11-4-5-12(15)13(16)8-11/h4-5,8-9H,7H2,1-3H3/p+1. The maximum atomic E-state index is 12.2. The van der Waals surface area contributed by atoms with Crippen LogP contribution in [0.4, 0.5) is 5.69 Å². The number of nitrogens with one attached hydrogen (secondary N) is 1. The molecule has 7 heteroatoms. The lowest BCUT2D eigenvalue weighted by molar-refractivity contribution is -0.123. The summed E-state index contributed by atoms with van der Waals surface area (Å²) in [6, 6.07) is 6.54. The molecule has 4 nitrogen and oxygen atoms in total. The third kappa shape index (κ3) is 3.72. The average Bonchev–Trinajstić information content (AvgIpc) is 2.45. The summed E-state index contributed by atoms with van der Waals surface area (Å²) in [6.07, 6.45) is 0. The summed E-state index contributed by atoms with van der Waals surface area (Å²) < 4.78 is 0.101. The van der Waals surface area contributed by atoms with Gasteiger partial charge in [-0.05, 0) is 25.2 Å². The fourth-order valence-electron chi connectivity index (χ4n) is 1.96. The predicted molar refractivity (Wildman–Crippen MR) is 90.5 cm³/mol. The van der Waals surface area contributed by atoms with Crippen molar-refractivity contribution >= 4 is 52.0 Å². The quantitative estimate of drug-likeness (QED) is 0.518. The van der Waals surface area contributed by atoms with Crippen LogP contribution < -0.4 is 9.80 Å². The minimum atomic E-state index is -0.506. The third-order valence-electron chi connectivity index (χ3n) is 3.59. The van der Waals surface area contributed by atoms with E-state index in [-0.39, 0.29) is 16.9 Å². The highest BCUT2D eigenvalue weighted by Gasteiger charge is 2.39. The van der Waals surface area contributed by atoms with Crippen LogP contribution in [-0.4, -0.2) is 30.5 Å². The largest absolute Gasteiger partial charge is 0.338 e. The van der Waals surface area contributed by atoms with Crippen LogP contribution in [0.3, 0.4) is 0 Å². The van der Waals surface area contributed by atoms with E-state index < -0.39 is 6.04 Å². The first-order valence-electron chi connectivity index (χ1n) is 6.22. The number of carbonyl (C=O) groups excluding carboxylic acids is 1. The van der Waals surface area contributed by atoms with Crippen LogP contribution in [0, 0.1) is 11.3 Å². The van der Waals surface area contributed by atoms with Crippen LogP contribution in [0.15, 0.2) is 18.2 Å². The molecule has 112 valence electrons. The second kappa shape index (κ2) is 7.19. The fourth-order valence-corrected chi connectivity index (χ4v) is 2.52. The van der Waals surface area contributed by atoms with Crippen molar-refractivity contribution in [3.05, 3.63) is 28.2 Å². The van der Waals surface area contributed by atoms with Crippen LogP contribution in [0.2, 0.25) is 10.0 Å².